The van der Waals surface area contributed by atoms with E-state index in [1.165, 1.54) is 0 Å². The van der Waals surface area contributed by atoms with E-state index < -0.39 is 0 Å². The second-order valence-electron chi connectivity index (χ2n) is 8.40. The first-order chi connectivity index (χ1) is 12.7. The highest BCUT2D eigenvalue weighted by Gasteiger charge is 2.25. The maximum absolute atomic E-state index is 12.7. The van der Waals surface area contributed by atoms with Gasteiger partial charge in [0, 0.05) is 32.7 Å². The number of amides is 1. The lowest BCUT2D eigenvalue weighted by Crippen LogP contribution is -2.50. The van der Waals surface area contributed by atoms with Crippen molar-refractivity contribution in [3.8, 4) is 11.5 Å². The van der Waals surface area contributed by atoms with Gasteiger partial charge in [-0.25, -0.2) is 4.98 Å². The number of carbonyl (C=O) groups is 1. The Kier molecular flexibility index (Phi) is 5.92. The lowest BCUT2D eigenvalue weighted by atomic mass is 9.96. The van der Waals surface area contributed by atoms with E-state index in [-0.39, 0.29) is 17.7 Å². The summed E-state index contributed by atoms with van der Waals surface area (Å²) in [4.78, 5) is 21.6. The van der Waals surface area contributed by atoms with E-state index in [9.17, 15) is 4.79 Å². The zero-order valence-electron chi connectivity index (χ0n) is 16.6. The molecule has 1 aliphatic heterocycles. The Bertz CT molecular complexity index is 802. The Balaban J connectivity index is 1.62. The topological polar surface area (TPSA) is 49.6 Å². The fourth-order valence-electron chi connectivity index (χ4n) is 3.42. The Hall–Kier alpha value is -1.85. The SMILES string of the molecule is Cc1oc(-c2ccccc2Cl)nc1CC(=O)N1CCN(CC(C)(C)C)CC1. The minimum absolute atomic E-state index is 0.104. The van der Waals surface area contributed by atoms with Gasteiger partial charge < -0.3 is 9.32 Å². The van der Waals surface area contributed by atoms with Gasteiger partial charge in [-0.05, 0) is 24.5 Å². The molecule has 0 saturated carbocycles. The third-order valence-corrected chi connectivity index (χ3v) is 5.07. The number of aryl methyl sites for hydroxylation is 1. The van der Waals surface area contributed by atoms with Crippen LogP contribution in [-0.2, 0) is 11.2 Å². The van der Waals surface area contributed by atoms with Crippen molar-refractivity contribution in [1.82, 2.24) is 14.8 Å². The smallest absolute Gasteiger partial charge is 0.228 e. The average Bonchev–Trinajstić information content (AvgIpc) is 2.95. The van der Waals surface area contributed by atoms with Crippen LogP contribution in [0.5, 0.6) is 0 Å². The monoisotopic (exact) mass is 389 g/mol. The van der Waals surface area contributed by atoms with Crippen LogP contribution in [0.1, 0.15) is 32.2 Å². The molecule has 1 aromatic carbocycles. The number of carbonyl (C=O) groups excluding carboxylic acids is 1. The standard InChI is InChI=1S/C21H28ClN3O2/c1-15-18(23-20(27-15)16-7-5-6-8-17(16)22)13-19(26)25-11-9-24(10-12-25)14-21(2,3)4/h5-8H,9-14H2,1-4H3. The molecule has 0 bridgehead atoms. The Morgan fingerprint density at radius 1 is 1.19 bits per heavy atom. The van der Waals surface area contributed by atoms with Gasteiger partial charge in [-0.3, -0.25) is 9.69 Å². The van der Waals surface area contributed by atoms with Crippen LogP contribution < -0.4 is 0 Å². The third kappa shape index (κ3) is 5.11. The van der Waals surface area contributed by atoms with Gasteiger partial charge in [0.05, 0.1) is 22.7 Å². The van der Waals surface area contributed by atoms with Gasteiger partial charge in [-0.1, -0.05) is 44.5 Å². The summed E-state index contributed by atoms with van der Waals surface area (Å²) >= 11 is 6.23. The number of rotatable bonds is 4. The molecule has 1 saturated heterocycles. The molecule has 27 heavy (non-hydrogen) atoms. The Morgan fingerprint density at radius 3 is 2.48 bits per heavy atom. The molecule has 0 aliphatic carbocycles. The maximum atomic E-state index is 12.7. The van der Waals surface area contributed by atoms with Crippen LogP contribution in [0.15, 0.2) is 28.7 Å². The van der Waals surface area contributed by atoms with Crippen LogP contribution in [0.2, 0.25) is 5.02 Å². The molecule has 0 unspecified atom stereocenters. The lowest BCUT2D eigenvalue weighted by molar-refractivity contribution is -0.132. The molecule has 0 spiro atoms. The Morgan fingerprint density at radius 2 is 1.85 bits per heavy atom. The van der Waals surface area contributed by atoms with Crippen molar-refractivity contribution in [3.63, 3.8) is 0 Å². The van der Waals surface area contributed by atoms with Gasteiger partial charge in [-0.2, -0.15) is 0 Å². The van der Waals surface area contributed by atoms with Crippen LogP contribution in [0, 0.1) is 12.3 Å². The van der Waals surface area contributed by atoms with E-state index in [4.69, 9.17) is 16.0 Å². The summed E-state index contributed by atoms with van der Waals surface area (Å²) in [5.41, 5.74) is 1.71. The molecule has 146 valence electrons. The van der Waals surface area contributed by atoms with Crippen LogP contribution in [0.3, 0.4) is 0 Å². The number of aromatic nitrogens is 1. The highest BCUT2D eigenvalue weighted by Crippen LogP contribution is 2.28. The summed E-state index contributed by atoms with van der Waals surface area (Å²) in [6.45, 7) is 13.0. The van der Waals surface area contributed by atoms with Crippen molar-refractivity contribution in [2.75, 3.05) is 32.7 Å². The predicted molar refractivity (Wildman–Crippen MR) is 108 cm³/mol. The van der Waals surface area contributed by atoms with Gasteiger partial charge in [-0.15, -0.1) is 0 Å². The average molecular weight is 390 g/mol. The fraction of sp³-hybridized carbons (Fsp3) is 0.524. The second-order valence-corrected chi connectivity index (χ2v) is 8.80. The molecule has 0 atom stereocenters. The number of hydrogen-bond donors (Lipinski definition) is 0. The predicted octanol–water partition coefficient (Wildman–Crippen LogP) is 4.04. The molecule has 0 radical (unpaired) electrons. The van der Waals surface area contributed by atoms with E-state index >= 15 is 0 Å². The largest absolute Gasteiger partial charge is 0.441 e. The number of nitrogens with zero attached hydrogens (tertiary/aromatic N) is 3. The maximum Gasteiger partial charge on any atom is 0.228 e. The number of halogens is 1. The number of oxazole rings is 1. The lowest BCUT2D eigenvalue weighted by Gasteiger charge is -2.37. The summed E-state index contributed by atoms with van der Waals surface area (Å²) in [6, 6.07) is 7.43. The van der Waals surface area contributed by atoms with Crippen LogP contribution in [-0.4, -0.2) is 53.4 Å². The Labute approximate surface area is 166 Å². The first kappa shape index (κ1) is 19.9. The van der Waals surface area contributed by atoms with Gasteiger partial charge >= 0.3 is 0 Å². The minimum Gasteiger partial charge on any atom is -0.441 e. The van der Waals surface area contributed by atoms with E-state index in [0.717, 1.165) is 38.3 Å². The van der Waals surface area contributed by atoms with Gasteiger partial charge in [0.25, 0.3) is 0 Å². The molecule has 0 N–H and O–H groups in total. The summed E-state index contributed by atoms with van der Waals surface area (Å²) in [6.07, 6.45) is 0.263. The quantitative estimate of drug-likeness (QED) is 0.791. The van der Waals surface area contributed by atoms with Crippen molar-refractivity contribution >= 4 is 17.5 Å². The first-order valence-corrected chi connectivity index (χ1v) is 9.82. The molecule has 1 aliphatic rings. The van der Waals surface area contributed by atoms with E-state index in [2.05, 4.69) is 30.7 Å². The van der Waals surface area contributed by atoms with Gasteiger partial charge in [0.2, 0.25) is 11.8 Å². The molecule has 1 aromatic heterocycles. The summed E-state index contributed by atoms with van der Waals surface area (Å²) in [5, 5.41) is 0.589. The molecule has 5 nitrogen and oxygen atoms in total. The van der Waals surface area contributed by atoms with Crippen LogP contribution in [0.25, 0.3) is 11.5 Å². The first-order valence-electron chi connectivity index (χ1n) is 9.44. The summed E-state index contributed by atoms with van der Waals surface area (Å²) < 4.78 is 5.77. The number of benzene rings is 1. The molecule has 2 aromatic rings. The van der Waals surface area contributed by atoms with Crippen molar-refractivity contribution in [2.24, 2.45) is 5.41 Å². The second kappa shape index (κ2) is 8.03. The van der Waals surface area contributed by atoms with Gasteiger partial charge in [0.1, 0.15) is 5.76 Å². The zero-order valence-corrected chi connectivity index (χ0v) is 17.3. The minimum atomic E-state index is 0.104. The van der Waals surface area contributed by atoms with Crippen molar-refractivity contribution in [1.29, 1.82) is 0 Å². The normalized spacial score (nSPS) is 16.0. The van der Waals surface area contributed by atoms with Gasteiger partial charge in [0.15, 0.2) is 0 Å². The summed E-state index contributed by atoms with van der Waals surface area (Å²) in [7, 11) is 0. The number of piperazine rings is 1. The third-order valence-electron chi connectivity index (χ3n) is 4.74. The zero-order chi connectivity index (χ0) is 19.6. The van der Waals surface area contributed by atoms with E-state index in [1.54, 1.807) is 6.07 Å². The fourth-order valence-corrected chi connectivity index (χ4v) is 3.64. The van der Waals surface area contributed by atoms with E-state index in [1.807, 2.05) is 30.0 Å². The molecular weight excluding hydrogens is 362 g/mol. The molecule has 3 rings (SSSR count). The summed E-state index contributed by atoms with van der Waals surface area (Å²) in [5.74, 6) is 1.24. The van der Waals surface area contributed by atoms with Crippen LogP contribution >= 0.6 is 11.6 Å². The molecule has 1 amide bonds. The van der Waals surface area contributed by atoms with Crippen molar-refractivity contribution in [2.45, 2.75) is 34.1 Å². The number of hydrogen-bond acceptors (Lipinski definition) is 4. The van der Waals surface area contributed by atoms with Crippen molar-refractivity contribution < 1.29 is 9.21 Å². The van der Waals surface area contributed by atoms with Crippen LogP contribution in [0.4, 0.5) is 0 Å². The highest BCUT2D eigenvalue weighted by atomic mass is 35.5. The highest BCUT2D eigenvalue weighted by molar-refractivity contribution is 6.33. The molecular formula is C21H28ClN3O2. The van der Waals surface area contributed by atoms with Crippen molar-refractivity contribution in [3.05, 3.63) is 40.7 Å². The molecule has 2 heterocycles. The molecule has 6 heteroatoms. The molecule has 1 fully saturated rings. The van der Waals surface area contributed by atoms with E-state index in [0.29, 0.717) is 22.4 Å².